The van der Waals surface area contributed by atoms with Crippen LogP contribution in [-0.4, -0.2) is 46.4 Å². The van der Waals surface area contributed by atoms with Crippen LogP contribution in [0, 0.1) is 24.5 Å². The number of carbonyl (C=O) groups excluding carboxylic acids is 2. The molecule has 2 heterocycles. The number of piperidine rings is 1. The van der Waals surface area contributed by atoms with Crippen molar-refractivity contribution in [2.24, 2.45) is 5.92 Å². The zero-order valence-electron chi connectivity index (χ0n) is 22.3. The number of amides is 2. The Hall–Kier alpha value is -4.18. The molecule has 0 radical (unpaired) electrons. The Balaban J connectivity index is 1.26. The number of carbonyl (C=O) groups is 2. The molecule has 0 bridgehead atoms. The molecule has 10 heteroatoms. The molecule has 1 saturated carbocycles. The third-order valence-electron chi connectivity index (χ3n) is 7.35. The summed E-state index contributed by atoms with van der Waals surface area (Å²) in [5.41, 5.74) is 5.22. The van der Waals surface area contributed by atoms with Crippen LogP contribution in [0.1, 0.15) is 53.1 Å². The van der Waals surface area contributed by atoms with E-state index in [0.717, 1.165) is 31.2 Å². The Bertz CT molecular complexity index is 1440. The van der Waals surface area contributed by atoms with Gasteiger partial charge in [-0.3, -0.25) is 14.4 Å². The normalized spacial score (nSPS) is 16.9. The number of rotatable bonds is 9. The number of likely N-dealkylation sites (tertiary alicyclic amines) is 1. The van der Waals surface area contributed by atoms with Crippen LogP contribution in [0.5, 0.6) is 0 Å². The number of anilines is 2. The summed E-state index contributed by atoms with van der Waals surface area (Å²) in [7, 11) is 0. The molecule has 1 atom stereocenters. The van der Waals surface area contributed by atoms with Crippen LogP contribution in [0.2, 0.25) is 0 Å². The molecule has 0 unspecified atom stereocenters. The highest BCUT2D eigenvalue weighted by Crippen LogP contribution is 2.40. The first-order valence-corrected chi connectivity index (χ1v) is 13.3. The molecule has 1 aliphatic carbocycles. The molecule has 2 fully saturated rings. The molecule has 1 saturated heterocycles. The molecular weight excluding hydrogens is 516 g/mol. The van der Waals surface area contributed by atoms with Crippen molar-refractivity contribution in [3.05, 3.63) is 83.7 Å². The van der Waals surface area contributed by atoms with Crippen molar-refractivity contribution in [1.82, 2.24) is 14.9 Å². The average molecular weight is 548 g/mol. The van der Waals surface area contributed by atoms with Gasteiger partial charge in [0.15, 0.2) is 5.82 Å². The molecule has 1 aliphatic heterocycles. The fraction of sp³-hybridized carbons (Fsp3) is 0.333. The van der Waals surface area contributed by atoms with Crippen molar-refractivity contribution in [3.63, 3.8) is 0 Å². The van der Waals surface area contributed by atoms with Crippen LogP contribution in [0.25, 0.3) is 11.3 Å². The summed E-state index contributed by atoms with van der Waals surface area (Å²) in [6, 6.07) is 8.76. The van der Waals surface area contributed by atoms with E-state index in [4.69, 9.17) is 4.84 Å². The van der Waals surface area contributed by atoms with Gasteiger partial charge in [0.2, 0.25) is 5.91 Å². The van der Waals surface area contributed by atoms with Gasteiger partial charge in [-0.05, 0) is 80.0 Å². The molecular formula is C30H31F2N5O3. The summed E-state index contributed by atoms with van der Waals surface area (Å²) in [6.07, 6.45) is 6.52. The smallest absolute Gasteiger partial charge is 0.258 e. The molecule has 208 valence electrons. The summed E-state index contributed by atoms with van der Waals surface area (Å²) in [4.78, 5) is 40.6. The molecule has 2 amide bonds. The maximum atomic E-state index is 14.7. The van der Waals surface area contributed by atoms with Gasteiger partial charge in [0, 0.05) is 36.3 Å². The summed E-state index contributed by atoms with van der Waals surface area (Å²) in [5, 5.41) is 2.65. The van der Waals surface area contributed by atoms with E-state index in [2.05, 4.69) is 27.3 Å². The number of halogens is 2. The Labute approximate surface area is 231 Å². The third-order valence-corrected chi connectivity index (χ3v) is 7.35. The first-order chi connectivity index (χ1) is 19.3. The zero-order valence-corrected chi connectivity index (χ0v) is 22.3. The van der Waals surface area contributed by atoms with Gasteiger partial charge in [-0.15, -0.1) is 0 Å². The van der Waals surface area contributed by atoms with Crippen LogP contribution in [-0.2, 0) is 9.63 Å². The van der Waals surface area contributed by atoms with Crippen LogP contribution < -0.4 is 10.8 Å². The van der Waals surface area contributed by atoms with Crippen LogP contribution >= 0.6 is 0 Å². The maximum Gasteiger partial charge on any atom is 0.258 e. The number of benzene rings is 2. The quantitative estimate of drug-likeness (QED) is 0.266. The molecule has 3 aromatic rings. The molecule has 0 spiro atoms. The fourth-order valence-corrected chi connectivity index (χ4v) is 4.97. The number of nitrogens with zero attached hydrogens (tertiary/aromatic N) is 3. The maximum absolute atomic E-state index is 14.7. The van der Waals surface area contributed by atoms with Gasteiger partial charge in [0.1, 0.15) is 18.0 Å². The summed E-state index contributed by atoms with van der Waals surface area (Å²) in [5.74, 6) is -1.03. The van der Waals surface area contributed by atoms with E-state index in [-0.39, 0.29) is 23.1 Å². The monoisotopic (exact) mass is 547 g/mol. The number of aromatic nitrogens is 2. The number of nitrogens with one attached hydrogen (secondary N) is 2. The summed E-state index contributed by atoms with van der Waals surface area (Å²) in [6.45, 7) is 6.94. The second-order valence-electron chi connectivity index (χ2n) is 10.3. The van der Waals surface area contributed by atoms with E-state index < -0.39 is 17.5 Å². The van der Waals surface area contributed by atoms with Gasteiger partial charge in [-0.1, -0.05) is 12.6 Å². The summed E-state index contributed by atoms with van der Waals surface area (Å²) >= 11 is 0. The lowest BCUT2D eigenvalue weighted by Gasteiger charge is -2.31. The van der Waals surface area contributed by atoms with Crippen molar-refractivity contribution in [1.29, 1.82) is 0 Å². The minimum Gasteiger partial charge on any atom is -0.339 e. The van der Waals surface area contributed by atoms with Crippen LogP contribution in [0.15, 0.2) is 55.4 Å². The predicted octanol–water partition coefficient (Wildman–Crippen LogP) is 5.63. The average Bonchev–Trinajstić information content (AvgIpc) is 3.80. The van der Waals surface area contributed by atoms with E-state index in [1.165, 1.54) is 36.7 Å². The molecule has 8 nitrogen and oxygen atoms in total. The van der Waals surface area contributed by atoms with E-state index >= 15 is 0 Å². The lowest BCUT2D eigenvalue weighted by molar-refractivity contribution is -0.128. The van der Waals surface area contributed by atoms with E-state index in [9.17, 15) is 18.4 Å². The Morgan fingerprint density at radius 3 is 2.73 bits per heavy atom. The topological polar surface area (TPSA) is 96.5 Å². The van der Waals surface area contributed by atoms with E-state index in [1.54, 1.807) is 24.0 Å². The second-order valence-corrected chi connectivity index (χ2v) is 10.3. The fourth-order valence-electron chi connectivity index (χ4n) is 4.97. The number of hydrogen-bond acceptors (Lipinski definition) is 6. The molecule has 1 aromatic heterocycles. The van der Waals surface area contributed by atoms with E-state index in [0.29, 0.717) is 48.3 Å². The van der Waals surface area contributed by atoms with Gasteiger partial charge in [-0.25, -0.2) is 24.2 Å². The minimum atomic E-state index is -0.658. The minimum absolute atomic E-state index is 0.0873. The molecule has 2 N–H and O–H groups in total. The summed E-state index contributed by atoms with van der Waals surface area (Å²) < 4.78 is 29.3. The molecule has 2 aromatic carbocycles. The standard InChI is InChI=1S/C30H31F2N5O3/c1-3-29(38)37-10-4-5-19(15-37)16-40-36-28-14-27(33-17-34-28)24-12-22(31)13-26(18(24)2)35-30(39)23-9-8-21(11-25(23)32)20-6-7-20/h3,8-9,11-14,17,19-20H,1,4-7,10,15-16H2,2H3,(H,35,39)(H,33,34,36)/t19-/m1/s1. The molecule has 5 rings (SSSR count). The Morgan fingerprint density at radius 1 is 1.15 bits per heavy atom. The molecule has 2 aliphatic rings. The van der Waals surface area contributed by atoms with Crippen LogP contribution in [0.4, 0.5) is 20.3 Å². The van der Waals surface area contributed by atoms with Gasteiger partial charge >= 0.3 is 0 Å². The number of hydrogen-bond donors (Lipinski definition) is 2. The lowest BCUT2D eigenvalue weighted by atomic mass is 9.99. The second kappa shape index (κ2) is 11.9. The van der Waals surface area contributed by atoms with Crippen LogP contribution in [0.3, 0.4) is 0 Å². The highest BCUT2D eigenvalue weighted by Gasteiger charge is 2.25. The Kier molecular flexibility index (Phi) is 8.16. The Morgan fingerprint density at radius 2 is 1.98 bits per heavy atom. The van der Waals surface area contributed by atoms with Crippen molar-refractivity contribution in [2.45, 2.75) is 38.5 Å². The highest BCUT2D eigenvalue weighted by atomic mass is 19.1. The van der Waals surface area contributed by atoms with Gasteiger partial charge in [0.05, 0.1) is 17.9 Å². The van der Waals surface area contributed by atoms with Crippen molar-refractivity contribution in [3.8, 4) is 11.3 Å². The first-order valence-electron chi connectivity index (χ1n) is 13.3. The first kappa shape index (κ1) is 27.4. The third kappa shape index (κ3) is 6.34. The van der Waals surface area contributed by atoms with Crippen molar-refractivity contribution >= 4 is 23.3 Å². The van der Waals surface area contributed by atoms with Gasteiger partial charge in [0.25, 0.3) is 5.91 Å². The van der Waals surface area contributed by atoms with Gasteiger partial charge < -0.3 is 10.2 Å². The van der Waals surface area contributed by atoms with Gasteiger partial charge in [-0.2, -0.15) is 0 Å². The van der Waals surface area contributed by atoms with E-state index in [1.807, 2.05) is 0 Å². The zero-order chi connectivity index (χ0) is 28.2. The SMILES string of the molecule is C=CC(=O)N1CCC[C@@H](CONc2cc(-c3cc(F)cc(NC(=O)c4ccc(C5CC5)cc4F)c3C)ncn2)C1. The highest BCUT2D eigenvalue weighted by molar-refractivity contribution is 6.05. The largest absolute Gasteiger partial charge is 0.339 e. The lowest BCUT2D eigenvalue weighted by Crippen LogP contribution is -2.40. The van der Waals surface area contributed by atoms with Crippen molar-refractivity contribution in [2.75, 3.05) is 30.5 Å². The molecule has 40 heavy (non-hydrogen) atoms. The predicted molar refractivity (Wildman–Crippen MR) is 148 cm³/mol. The van der Waals surface area contributed by atoms with Crippen molar-refractivity contribution < 1.29 is 23.2 Å².